The highest BCUT2D eigenvalue weighted by Crippen LogP contribution is 2.37. The molecule has 1 unspecified atom stereocenters. The zero-order valence-corrected chi connectivity index (χ0v) is 10.5. The molecule has 4 heteroatoms. The van der Waals surface area contributed by atoms with Gasteiger partial charge in [-0.05, 0) is 25.1 Å². The largest absolute Gasteiger partial charge is 0.496 e. The average molecular weight is 244 g/mol. The molecular weight excluding hydrogens is 226 g/mol. The van der Waals surface area contributed by atoms with Gasteiger partial charge in [-0.15, -0.1) is 12.4 Å². The fraction of sp³-hybridized carbons (Fsp3) is 0.500. The first-order chi connectivity index (χ1) is 7.36. The smallest absolute Gasteiger partial charge is 0.126 e. The summed E-state index contributed by atoms with van der Waals surface area (Å²) in [5.41, 5.74) is 1.20. The van der Waals surface area contributed by atoms with Gasteiger partial charge in [-0.2, -0.15) is 0 Å². The van der Waals surface area contributed by atoms with Gasteiger partial charge in [0.1, 0.15) is 11.5 Å². The van der Waals surface area contributed by atoms with Crippen LogP contribution >= 0.6 is 12.4 Å². The first-order valence-corrected chi connectivity index (χ1v) is 5.28. The minimum absolute atomic E-state index is 0. The van der Waals surface area contributed by atoms with E-state index in [4.69, 9.17) is 9.47 Å². The Hall–Kier alpha value is -0.930. The molecule has 1 N–H and O–H groups in total. The van der Waals surface area contributed by atoms with Crippen LogP contribution in [0.15, 0.2) is 18.2 Å². The van der Waals surface area contributed by atoms with Gasteiger partial charge in [0, 0.05) is 18.0 Å². The molecule has 0 radical (unpaired) electrons. The number of nitrogens with one attached hydrogen (secondary N) is 1. The lowest BCUT2D eigenvalue weighted by molar-refractivity contribution is 0.380. The van der Waals surface area contributed by atoms with Crippen molar-refractivity contribution >= 4 is 12.4 Å². The molecule has 1 aromatic carbocycles. The summed E-state index contributed by atoms with van der Waals surface area (Å²) in [7, 11) is 3.42. The molecule has 90 valence electrons. The third-order valence-electron chi connectivity index (χ3n) is 2.93. The van der Waals surface area contributed by atoms with E-state index < -0.39 is 0 Å². The van der Waals surface area contributed by atoms with Gasteiger partial charge in [0.25, 0.3) is 0 Å². The Labute approximate surface area is 103 Å². The molecule has 1 aliphatic heterocycles. The zero-order valence-electron chi connectivity index (χ0n) is 9.66. The zero-order chi connectivity index (χ0) is 10.7. The van der Waals surface area contributed by atoms with Gasteiger partial charge >= 0.3 is 0 Å². The lowest BCUT2D eigenvalue weighted by Gasteiger charge is -2.17. The minimum Gasteiger partial charge on any atom is -0.496 e. The lowest BCUT2D eigenvalue weighted by Crippen LogP contribution is -2.09. The van der Waals surface area contributed by atoms with Crippen LogP contribution < -0.4 is 14.8 Å². The van der Waals surface area contributed by atoms with E-state index in [1.165, 1.54) is 5.56 Å². The fourth-order valence-corrected chi connectivity index (χ4v) is 2.18. The van der Waals surface area contributed by atoms with Crippen molar-refractivity contribution in [1.82, 2.24) is 5.32 Å². The number of halogens is 1. The second-order valence-electron chi connectivity index (χ2n) is 3.77. The van der Waals surface area contributed by atoms with Crippen LogP contribution in [0.25, 0.3) is 0 Å². The van der Waals surface area contributed by atoms with Gasteiger partial charge in [-0.3, -0.25) is 0 Å². The number of hydrogen-bond acceptors (Lipinski definition) is 3. The first kappa shape index (κ1) is 13.1. The predicted molar refractivity (Wildman–Crippen MR) is 67.0 cm³/mol. The Morgan fingerprint density at radius 2 is 1.81 bits per heavy atom. The molecule has 1 saturated heterocycles. The van der Waals surface area contributed by atoms with E-state index in [0.29, 0.717) is 5.92 Å². The fourth-order valence-electron chi connectivity index (χ4n) is 2.18. The summed E-state index contributed by atoms with van der Waals surface area (Å²) < 4.78 is 10.8. The lowest BCUT2D eigenvalue weighted by atomic mass is 9.96. The Morgan fingerprint density at radius 3 is 2.25 bits per heavy atom. The maximum Gasteiger partial charge on any atom is 0.126 e. The molecule has 1 atom stereocenters. The molecule has 16 heavy (non-hydrogen) atoms. The Bertz CT molecular complexity index is 316. The maximum absolute atomic E-state index is 5.39. The van der Waals surface area contributed by atoms with Gasteiger partial charge in [-0.1, -0.05) is 6.07 Å². The molecule has 2 rings (SSSR count). The predicted octanol–water partition coefficient (Wildman–Crippen LogP) is 2.20. The minimum atomic E-state index is 0. The highest BCUT2D eigenvalue weighted by atomic mass is 35.5. The second-order valence-corrected chi connectivity index (χ2v) is 3.77. The summed E-state index contributed by atoms with van der Waals surface area (Å²) in [6, 6.07) is 5.95. The van der Waals surface area contributed by atoms with Gasteiger partial charge in [0.05, 0.1) is 14.2 Å². The van der Waals surface area contributed by atoms with Crippen LogP contribution in [0.2, 0.25) is 0 Å². The van der Waals surface area contributed by atoms with Crippen LogP contribution in [0.4, 0.5) is 0 Å². The average Bonchev–Trinajstić information content (AvgIpc) is 2.81. The number of ether oxygens (including phenoxy) is 2. The van der Waals surface area contributed by atoms with Gasteiger partial charge in [-0.25, -0.2) is 0 Å². The summed E-state index contributed by atoms with van der Waals surface area (Å²) in [4.78, 5) is 0. The Balaban J connectivity index is 0.00000128. The van der Waals surface area contributed by atoms with Crippen LogP contribution in [-0.4, -0.2) is 27.3 Å². The van der Waals surface area contributed by atoms with Crippen molar-refractivity contribution < 1.29 is 9.47 Å². The monoisotopic (exact) mass is 243 g/mol. The third kappa shape index (κ3) is 2.42. The van der Waals surface area contributed by atoms with Crippen LogP contribution in [0, 0.1) is 0 Å². The molecule has 0 bridgehead atoms. The summed E-state index contributed by atoms with van der Waals surface area (Å²) in [6.07, 6.45) is 1.15. The highest BCUT2D eigenvalue weighted by molar-refractivity contribution is 5.85. The molecular formula is C12H18ClNO2. The van der Waals surface area contributed by atoms with Gasteiger partial charge < -0.3 is 14.8 Å². The highest BCUT2D eigenvalue weighted by Gasteiger charge is 2.23. The van der Waals surface area contributed by atoms with E-state index in [2.05, 4.69) is 5.32 Å². The Morgan fingerprint density at radius 1 is 1.19 bits per heavy atom. The van der Waals surface area contributed by atoms with E-state index in [9.17, 15) is 0 Å². The standard InChI is InChI=1S/C12H17NO2.ClH/c1-14-10-4-3-5-11(15-2)12(10)9-6-7-13-8-9;/h3-5,9,13H,6-8H2,1-2H3;1H. The van der Waals surface area contributed by atoms with Crippen LogP contribution in [0.5, 0.6) is 11.5 Å². The van der Waals surface area contributed by atoms with Gasteiger partial charge in [0.2, 0.25) is 0 Å². The van der Waals surface area contributed by atoms with Crippen molar-refractivity contribution in [3.8, 4) is 11.5 Å². The number of rotatable bonds is 3. The summed E-state index contributed by atoms with van der Waals surface area (Å²) in [5.74, 6) is 2.38. The van der Waals surface area contributed by atoms with Crippen molar-refractivity contribution in [2.24, 2.45) is 0 Å². The molecule has 0 amide bonds. The SMILES string of the molecule is COc1cccc(OC)c1C1CCNC1.Cl. The molecule has 0 aliphatic carbocycles. The third-order valence-corrected chi connectivity index (χ3v) is 2.93. The van der Waals surface area contributed by atoms with Crippen molar-refractivity contribution in [2.75, 3.05) is 27.3 Å². The number of hydrogen-bond donors (Lipinski definition) is 1. The van der Waals surface area contributed by atoms with E-state index in [-0.39, 0.29) is 12.4 Å². The van der Waals surface area contributed by atoms with Crippen molar-refractivity contribution in [1.29, 1.82) is 0 Å². The van der Waals surface area contributed by atoms with E-state index in [1.807, 2.05) is 18.2 Å². The number of benzene rings is 1. The molecule has 1 aromatic rings. The van der Waals surface area contributed by atoms with E-state index in [1.54, 1.807) is 14.2 Å². The molecule has 0 saturated carbocycles. The quantitative estimate of drug-likeness (QED) is 0.883. The summed E-state index contributed by atoms with van der Waals surface area (Å²) >= 11 is 0. The summed E-state index contributed by atoms with van der Waals surface area (Å²) in [5, 5.41) is 3.36. The molecule has 1 fully saturated rings. The number of methoxy groups -OCH3 is 2. The topological polar surface area (TPSA) is 30.5 Å². The van der Waals surface area contributed by atoms with Crippen molar-refractivity contribution in [3.05, 3.63) is 23.8 Å². The van der Waals surface area contributed by atoms with Crippen LogP contribution in [-0.2, 0) is 0 Å². The Kier molecular flexibility index (Phi) is 4.90. The van der Waals surface area contributed by atoms with Crippen molar-refractivity contribution in [3.63, 3.8) is 0 Å². The molecule has 0 spiro atoms. The van der Waals surface area contributed by atoms with Gasteiger partial charge in [0.15, 0.2) is 0 Å². The molecule has 0 aromatic heterocycles. The van der Waals surface area contributed by atoms with E-state index >= 15 is 0 Å². The van der Waals surface area contributed by atoms with Crippen LogP contribution in [0.3, 0.4) is 0 Å². The first-order valence-electron chi connectivity index (χ1n) is 5.28. The van der Waals surface area contributed by atoms with Crippen LogP contribution in [0.1, 0.15) is 17.9 Å². The van der Waals surface area contributed by atoms with Crippen molar-refractivity contribution in [2.45, 2.75) is 12.3 Å². The maximum atomic E-state index is 5.39. The molecule has 3 nitrogen and oxygen atoms in total. The molecule has 1 aliphatic rings. The second kappa shape index (κ2) is 5.97. The molecule has 1 heterocycles. The normalized spacial score (nSPS) is 19.0. The summed E-state index contributed by atoms with van der Waals surface area (Å²) in [6.45, 7) is 2.09. The van der Waals surface area contributed by atoms with E-state index in [0.717, 1.165) is 31.0 Å².